The summed E-state index contributed by atoms with van der Waals surface area (Å²) in [6, 6.07) is 6.28. The van der Waals surface area contributed by atoms with Crippen LogP contribution in [-0.2, 0) is 0 Å². The predicted octanol–water partition coefficient (Wildman–Crippen LogP) is 2.31. The van der Waals surface area contributed by atoms with Crippen molar-refractivity contribution in [2.45, 2.75) is 45.4 Å². The van der Waals surface area contributed by atoms with Gasteiger partial charge in [-0.1, -0.05) is 19.1 Å². The second-order valence-corrected chi connectivity index (χ2v) is 5.73. The van der Waals surface area contributed by atoms with Crippen molar-refractivity contribution in [2.75, 3.05) is 13.1 Å². The van der Waals surface area contributed by atoms with Gasteiger partial charge in [-0.3, -0.25) is 4.90 Å². The number of hydrogen-bond donors (Lipinski definition) is 2. The van der Waals surface area contributed by atoms with Crippen LogP contribution in [-0.4, -0.2) is 34.7 Å². The molecule has 0 bridgehead atoms. The lowest BCUT2D eigenvalue weighted by Gasteiger charge is -2.37. The highest BCUT2D eigenvalue weighted by Crippen LogP contribution is 2.25. The van der Waals surface area contributed by atoms with Gasteiger partial charge in [0.15, 0.2) is 0 Å². The van der Waals surface area contributed by atoms with Crippen LogP contribution in [0.4, 0.5) is 4.39 Å². The monoisotopic (exact) mass is 268 g/mol. The third-order valence-corrected chi connectivity index (χ3v) is 3.10. The van der Waals surface area contributed by atoms with Crippen LogP contribution in [0.1, 0.15) is 39.3 Å². The van der Waals surface area contributed by atoms with E-state index >= 15 is 0 Å². The fourth-order valence-corrected chi connectivity index (χ4v) is 2.41. The normalized spacial score (nSPS) is 15.6. The molecule has 0 aliphatic heterocycles. The Kier molecular flexibility index (Phi) is 5.47. The van der Waals surface area contributed by atoms with Gasteiger partial charge < -0.3 is 10.8 Å². The van der Waals surface area contributed by atoms with Crippen LogP contribution < -0.4 is 5.73 Å². The highest BCUT2D eigenvalue weighted by atomic mass is 19.1. The Morgan fingerprint density at radius 3 is 2.21 bits per heavy atom. The Balaban J connectivity index is 3.01. The average Bonchev–Trinajstić information content (AvgIpc) is 2.28. The molecule has 1 aromatic rings. The molecular formula is C15H25FN2O. The van der Waals surface area contributed by atoms with Gasteiger partial charge in [-0.2, -0.15) is 0 Å². The van der Waals surface area contributed by atoms with Crippen LogP contribution in [0.25, 0.3) is 0 Å². The van der Waals surface area contributed by atoms with E-state index in [1.807, 2.05) is 13.8 Å². The lowest BCUT2D eigenvalue weighted by atomic mass is 9.97. The van der Waals surface area contributed by atoms with Crippen molar-refractivity contribution < 1.29 is 9.50 Å². The number of nitrogens with two attached hydrogens (primary N) is 1. The number of benzene rings is 1. The molecule has 2 atom stereocenters. The van der Waals surface area contributed by atoms with Gasteiger partial charge in [0, 0.05) is 18.6 Å². The molecule has 0 saturated carbocycles. The summed E-state index contributed by atoms with van der Waals surface area (Å²) >= 11 is 0. The number of nitrogens with zero attached hydrogens (tertiary/aromatic N) is 1. The van der Waals surface area contributed by atoms with Crippen LogP contribution in [0, 0.1) is 5.82 Å². The van der Waals surface area contributed by atoms with Gasteiger partial charge in [-0.15, -0.1) is 0 Å². The Morgan fingerprint density at radius 1 is 1.32 bits per heavy atom. The molecule has 0 aromatic heterocycles. The molecule has 0 spiro atoms. The smallest absolute Gasteiger partial charge is 0.123 e. The predicted molar refractivity (Wildman–Crippen MR) is 76.3 cm³/mol. The molecule has 2 unspecified atom stereocenters. The van der Waals surface area contributed by atoms with Crippen LogP contribution in [0.3, 0.4) is 0 Å². The average molecular weight is 268 g/mol. The van der Waals surface area contributed by atoms with Gasteiger partial charge in [-0.25, -0.2) is 4.39 Å². The zero-order valence-electron chi connectivity index (χ0n) is 12.2. The van der Waals surface area contributed by atoms with Crippen molar-refractivity contribution in [3.63, 3.8) is 0 Å². The van der Waals surface area contributed by atoms with Crippen LogP contribution >= 0.6 is 0 Å². The van der Waals surface area contributed by atoms with Gasteiger partial charge in [0.05, 0.1) is 5.60 Å². The molecule has 0 aliphatic rings. The van der Waals surface area contributed by atoms with E-state index in [-0.39, 0.29) is 17.9 Å². The van der Waals surface area contributed by atoms with E-state index in [0.717, 1.165) is 12.1 Å². The first-order valence-corrected chi connectivity index (χ1v) is 6.72. The summed E-state index contributed by atoms with van der Waals surface area (Å²) in [6.45, 7) is 8.81. The lowest BCUT2D eigenvalue weighted by Crippen LogP contribution is -2.45. The molecule has 1 aromatic carbocycles. The van der Waals surface area contributed by atoms with Gasteiger partial charge in [0.1, 0.15) is 5.82 Å². The number of aliphatic hydroxyl groups is 1. The lowest BCUT2D eigenvalue weighted by molar-refractivity contribution is 0.0187. The largest absolute Gasteiger partial charge is 0.389 e. The fourth-order valence-electron chi connectivity index (χ4n) is 2.41. The number of hydrogen-bond acceptors (Lipinski definition) is 3. The van der Waals surface area contributed by atoms with Crippen molar-refractivity contribution in [1.82, 2.24) is 4.90 Å². The topological polar surface area (TPSA) is 49.5 Å². The van der Waals surface area contributed by atoms with E-state index < -0.39 is 5.60 Å². The standard InChI is InChI=1S/C15H25FN2O/c1-5-18(10-15(3,4)19)14(11(2)17)12-6-8-13(16)9-7-12/h6-9,11,14,19H,5,10,17H2,1-4H3. The summed E-state index contributed by atoms with van der Waals surface area (Å²) < 4.78 is 13.0. The molecule has 0 radical (unpaired) electrons. The highest BCUT2D eigenvalue weighted by molar-refractivity contribution is 5.21. The third-order valence-electron chi connectivity index (χ3n) is 3.10. The first kappa shape index (κ1) is 16.1. The van der Waals surface area contributed by atoms with Crippen molar-refractivity contribution in [2.24, 2.45) is 5.73 Å². The summed E-state index contributed by atoms with van der Waals surface area (Å²) in [5.41, 5.74) is 6.27. The third kappa shape index (κ3) is 4.90. The minimum Gasteiger partial charge on any atom is -0.389 e. The molecule has 4 heteroatoms. The Hall–Kier alpha value is -0.970. The fraction of sp³-hybridized carbons (Fsp3) is 0.600. The van der Waals surface area contributed by atoms with Gasteiger partial charge in [-0.05, 0) is 45.0 Å². The minimum absolute atomic E-state index is 0.0305. The molecule has 3 N–H and O–H groups in total. The summed E-state index contributed by atoms with van der Waals surface area (Å²) in [7, 11) is 0. The Morgan fingerprint density at radius 2 is 1.84 bits per heavy atom. The van der Waals surface area contributed by atoms with E-state index in [4.69, 9.17) is 5.73 Å². The summed E-state index contributed by atoms with van der Waals surface area (Å²) in [4.78, 5) is 2.12. The second-order valence-electron chi connectivity index (χ2n) is 5.73. The van der Waals surface area contributed by atoms with Crippen molar-refractivity contribution >= 4 is 0 Å². The molecular weight excluding hydrogens is 243 g/mol. The van der Waals surface area contributed by atoms with E-state index in [0.29, 0.717) is 6.54 Å². The molecule has 0 saturated heterocycles. The molecule has 1 rings (SSSR count). The molecule has 0 heterocycles. The maximum absolute atomic E-state index is 13.0. The van der Waals surface area contributed by atoms with E-state index in [1.165, 1.54) is 12.1 Å². The van der Waals surface area contributed by atoms with Crippen LogP contribution in [0.2, 0.25) is 0 Å². The molecule has 0 fully saturated rings. The SMILES string of the molecule is CCN(CC(C)(C)O)C(c1ccc(F)cc1)C(C)N. The number of likely N-dealkylation sites (N-methyl/N-ethyl adjacent to an activating group) is 1. The molecule has 108 valence electrons. The van der Waals surface area contributed by atoms with Gasteiger partial charge in [0.25, 0.3) is 0 Å². The van der Waals surface area contributed by atoms with Crippen LogP contribution in [0.15, 0.2) is 24.3 Å². The number of halogens is 1. The first-order valence-electron chi connectivity index (χ1n) is 6.72. The first-order chi connectivity index (χ1) is 8.74. The zero-order valence-corrected chi connectivity index (χ0v) is 12.2. The number of rotatable bonds is 6. The van der Waals surface area contributed by atoms with Crippen LogP contribution in [0.5, 0.6) is 0 Å². The van der Waals surface area contributed by atoms with Crippen molar-refractivity contribution in [1.29, 1.82) is 0 Å². The Labute approximate surface area is 115 Å². The summed E-state index contributed by atoms with van der Waals surface area (Å²) in [5.74, 6) is -0.252. The quantitative estimate of drug-likeness (QED) is 0.832. The Bertz CT molecular complexity index is 384. The van der Waals surface area contributed by atoms with Crippen molar-refractivity contribution in [3.8, 4) is 0 Å². The van der Waals surface area contributed by atoms with Gasteiger partial charge >= 0.3 is 0 Å². The maximum Gasteiger partial charge on any atom is 0.123 e. The highest BCUT2D eigenvalue weighted by Gasteiger charge is 2.27. The molecule has 3 nitrogen and oxygen atoms in total. The summed E-state index contributed by atoms with van der Waals surface area (Å²) in [5, 5.41) is 10.00. The molecule has 0 aliphatic carbocycles. The molecule has 0 amide bonds. The van der Waals surface area contributed by atoms with E-state index in [9.17, 15) is 9.50 Å². The maximum atomic E-state index is 13.0. The van der Waals surface area contributed by atoms with E-state index in [1.54, 1.807) is 26.0 Å². The molecule has 19 heavy (non-hydrogen) atoms. The van der Waals surface area contributed by atoms with E-state index in [2.05, 4.69) is 4.90 Å². The summed E-state index contributed by atoms with van der Waals surface area (Å²) in [6.07, 6.45) is 0. The van der Waals surface area contributed by atoms with Crippen molar-refractivity contribution in [3.05, 3.63) is 35.6 Å². The minimum atomic E-state index is -0.789. The second kappa shape index (κ2) is 6.46. The zero-order chi connectivity index (χ0) is 14.6. The van der Waals surface area contributed by atoms with Gasteiger partial charge in [0.2, 0.25) is 0 Å².